The van der Waals surface area contributed by atoms with Crippen LogP contribution < -0.4 is 20.7 Å². The molecule has 1 aliphatic heterocycles. The van der Waals surface area contributed by atoms with Gasteiger partial charge in [-0.25, -0.2) is 9.79 Å². The van der Waals surface area contributed by atoms with Crippen molar-refractivity contribution in [2.75, 3.05) is 46.4 Å². The molecule has 0 radical (unpaired) electrons. The van der Waals surface area contributed by atoms with Gasteiger partial charge in [0.1, 0.15) is 27.7 Å². The Morgan fingerprint density at radius 1 is 1.04 bits per heavy atom. The molecule has 250 valence electrons. The van der Waals surface area contributed by atoms with E-state index in [4.69, 9.17) is 9.47 Å². The average Bonchev–Trinajstić information content (AvgIpc) is 3.45. The summed E-state index contributed by atoms with van der Waals surface area (Å²) in [7, 11) is 1.55. The molecule has 0 unspecified atom stereocenters. The second-order valence-corrected chi connectivity index (χ2v) is 12.6. The minimum absolute atomic E-state index is 0.00774. The molecule has 12 nitrogen and oxygen atoms in total. The van der Waals surface area contributed by atoms with Crippen molar-refractivity contribution in [2.24, 2.45) is 4.99 Å². The number of H-pyrrole nitrogens is 1. The number of aliphatic imine (C=N–C) groups is 1. The zero-order valence-electron chi connectivity index (χ0n) is 27.9. The van der Waals surface area contributed by atoms with Crippen LogP contribution in [0.5, 0.6) is 5.75 Å². The van der Waals surface area contributed by atoms with Gasteiger partial charge in [-0.3, -0.25) is 9.59 Å². The minimum Gasteiger partial charge on any atom is -0.506 e. The zero-order chi connectivity index (χ0) is 34.0. The highest BCUT2D eigenvalue weighted by atomic mass is 32.2. The Bertz CT molecular complexity index is 1520. The Hall–Kier alpha value is -4.23. The SMILES string of the molecule is CCN(CC)CCNC(=O)c1c(C)[nH]c(/C=C2/SC(=Nc3cccc(OC)c3)C(C(=O)NCCNC(=O)OC(C)(C)C)=C2O)c1C. The molecule has 5 N–H and O–H groups in total. The molecule has 0 aliphatic carbocycles. The number of aliphatic hydroxyl groups is 1. The maximum absolute atomic E-state index is 13.4. The molecule has 0 saturated heterocycles. The standard InChI is InChI=1S/C33H46N6O6S/c1-9-39(10-2)17-16-35-29(41)26-20(3)24(37-21(26)4)19-25-28(40)27(30(42)34-14-15-36-32(43)45-33(5,6)7)31(46-25)38-22-12-11-13-23(18-22)44-8/h11-13,18-19,37,40H,9-10,14-17H2,1-8H3,(H,34,42)(H,35,41)(H,36,43)/b25-19+,38-31?. The van der Waals surface area contributed by atoms with Gasteiger partial charge in [0.25, 0.3) is 11.8 Å². The molecule has 1 aromatic heterocycles. The van der Waals surface area contributed by atoms with Gasteiger partial charge in [0, 0.05) is 43.6 Å². The Labute approximate surface area is 275 Å². The average molecular weight is 655 g/mol. The highest BCUT2D eigenvalue weighted by Gasteiger charge is 2.33. The van der Waals surface area contributed by atoms with Crippen LogP contribution in [0, 0.1) is 13.8 Å². The van der Waals surface area contributed by atoms with Crippen molar-refractivity contribution in [3.63, 3.8) is 0 Å². The summed E-state index contributed by atoms with van der Waals surface area (Å²) >= 11 is 1.13. The fraction of sp³-hybridized carbons (Fsp3) is 0.455. The lowest BCUT2D eigenvalue weighted by Gasteiger charge is -2.19. The number of amides is 3. The Kier molecular flexibility index (Phi) is 12.9. The molecule has 46 heavy (non-hydrogen) atoms. The molecule has 0 fully saturated rings. The van der Waals surface area contributed by atoms with E-state index in [1.807, 2.05) is 13.8 Å². The van der Waals surface area contributed by atoms with E-state index in [0.717, 1.165) is 37.0 Å². The van der Waals surface area contributed by atoms with Crippen LogP contribution in [0.2, 0.25) is 0 Å². The highest BCUT2D eigenvalue weighted by Crippen LogP contribution is 2.40. The van der Waals surface area contributed by atoms with Crippen LogP contribution in [0.1, 0.15) is 61.9 Å². The van der Waals surface area contributed by atoms with E-state index in [2.05, 4.69) is 44.7 Å². The van der Waals surface area contributed by atoms with E-state index in [1.54, 1.807) is 58.2 Å². The van der Waals surface area contributed by atoms with Gasteiger partial charge < -0.3 is 40.4 Å². The number of benzene rings is 1. The molecule has 1 aromatic carbocycles. The summed E-state index contributed by atoms with van der Waals surface area (Å²) in [6.07, 6.45) is 1.11. The molecule has 13 heteroatoms. The van der Waals surface area contributed by atoms with Gasteiger partial charge in [0.15, 0.2) is 0 Å². The first-order valence-electron chi connectivity index (χ1n) is 15.3. The molecule has 0 atom stereocenters. The number of rotatable bonds is 13. The summed E-state index contributed by atoms with van der Waals surface area (Å²) in [5, 5.41) is 19.9. The predicted octanol–water partition coefficient (Wildman–Crippen LogP) is 4.98. The third kappa shape index (κ3) is 9.88. The second-order valence-electron chi connectivity index (χ2n) is 11.6. The van der Waals surface area contributed by atoms with E-state index in [0.29, 0.717) is 39.8 Å². The van der Waals surface area contributed by atoms with Crippen LogP contribution in [0.25, 0.3) is 6.08 Å². The maximum Gasteiger partial charge on any atom is 0.407 e. The van der Waals surface area contributed by atoms with Crippen molar-refractivity contribution in [3.05, 3.63) is 63.0 Å². The fourth-order valence-electron chi connectivity index (χ4n) is 4.70. The van der Waals surface area contributed by atoms with Gasteiger partial charge >= 0.3 is 6.09 Å². The molecule has 3 rings (SSSR count). The number of hydrogen-bond acceptors (Lipinski definition) is 9. The number of aliphatic hydroxyl groups excluding tert-OH is 1. The van der Waals surface area contributed by atoms with Crippen molar-refractivity contribution < 1.29 is 29.0 Å². The first-order chi connectivity index (χ1) is 21.8. The largest absolute Gasteiger partial charge is 0.506 e. The summed E-state index contributed by atoms with van der Waals surface area (Å²) in [4.78, 5) is 49.0. The number of nitrogens with zero attached hydrogens (tertiary/aromatic N) is 2. The monoisotopic (exact) mass is 654 g/mol. The third-order valence-electron chi connectivity index (χ3n) is 7.07. The summed E-state index contributed by atoms with van der Waals surface area (Å²) < 4.78 is 10.5. The lowest BCUT2D eigenvalue weighted by molar-refractivity contribution is -0.117. The number of thioether (sulfide) groups is 1. The first-order valence-corrected chi connectivity index (χ1v) is 16.1. The minimum atomic E-state index is -0.648. The number of ether oxygens (including phenoxy) is 2. The van der Waals surface area contributed by atoms with E-state index in [1.165, 1.54) is 0 Å². The number of likely N-dealkylation sites (N-methyl/N-ethyl adjacent to an activating group) is 1. The molecular formula is C33H46N6O6S. The molecule has 0 spiro atoms. The van der Waals surface area contributed by atoms with Crippen LogP contribution in [-0.4, -0.2) is 89.9 Å². The molecule has 0 bridgehead atoms. The van der Waals surface area contributed by atoms with Crippen LogP contribution in [0.3, 0.4) is 0 Å². The topological polar surface area (TPSA) is 157 Å². The Morgan fingerprint density at radius 3 is 2.37 bits per heavy atom. The Morgan fingerprint density at radius 2 is 1.72 bits per heavy atom. The van der Waals surface area contributed by atoms with Gasteiger partial charge in [-0.15, -0.1) is 0 Å². The summed E-state index contributed by atoms with van der Waals surface area (Å²) in [5.74, 6) is -0.398. The smallest absolute Gasteiger partial charge is 0.407 e. The molecule has 1 aliphatic rings. The van der Waals surface area contributed by atoms with Crippen LogP contribution in [0.4, 0.5) is 10.5 Å². The van der Waals surface area contributed by atoms with Crippen LogP contribution in [-0.2, 0) is 9.53 Å². The number of aromatic nitrogens is 1. The number of carbonyl (C=O) groups excluding carboxylic acids is 3. The van der Waals surface area contributed by atoms with Crippen molar-refractivity contribution in [2.45, 2.75) is 54.1 Å². The Balaban J connectivity index is 1.87. The number of nitrogens with one attached hydrogen (secondary N) is 4. The lowest BCUT2D eigenvalue weighted by atomic mass is 10.1. The van der Waals surface area contributed by atoms with Gasteiger partial charge in [-0.05, 0) is 71.5 Å². The van der Waals surface area contributed by atoms with E-state index in [9.17, 15) is 19.5 Å². The lowest BCUT2D eigenvalue weighted by Crippen LogP contribution is -2.38. The number of aryl methyl sites for hydroxylation is 1. The van der Waals surface area contributed by atoms with Crippen molar-refractivity contribution in [3.8, 4) is 5.75 Å². The quantitative estimate of drug-likeness (QED) is 0.189. The third-order valence-corrected chi connectivity index (χ3v) is 8.09. The van der Waals surface area contributed by atoms with Crippen molar-refractivity contribution in [1.82, 2.24) is 25.8 Å². The summed E-state index contributed by atoms with van der Waals surface area (Å²) in [6.45, 7) is 16.4. The van der Waals surface area contributed by atoms with Gasteiger partial charge in [-0.1, -0.05) is 31.7 Å². The van der Waals surface area contributed by atoms with Crippen molar-refractivity contribution >= 4 is 46.5 Å². The van der Waals surface area contributed by atoms with E-state index < -0.39 is 17.6 Å². The zero-order valence-corrected chi connectivity index (χ0v) is 28.7. The van der Waals surface area contributed by atoms with E-state index >= 15 is 0 Å². The van der Waals surface area contributed by atoms with E-state index in [-0.39, 0.29) is 35.4 Å². The second kappa shape index (κ2) is 16.4. The maximum atomic E-state index is 13.4. The number of carbonyl (C=O) groups is 3. The van der Waals surface area contributed by atoms with Gasteiger partial charge in [0.2, 0.25) is 0 Å². The number of methoxy groups -OCH3 is 1. The van der Waals surface area contributed by atoms with Crippen molar-refractivity contribution in [1.29, 1.82) is 0 Å². The summed E-state index contributed by atoms with van der Waals surface area (Å²) in [5.41, 5.74) is 2.46. The highest BCUT2D eigenvalue weighted by molar-refractivity contribution is 8.18. The van der Waals surface area contributed by atoms with Gasteiger partial charge in [0.05, 0.1) is 23.3 Å². The summed E-state index contributed by atoms with van der Waals surface area (Å²) in [6, 6.07) is 7.04. The molecule has 3 amide bonds. The molecule has 2 heterocycles. The number of alkyl carbamates (subject to hydrolysis) is 1. The number of hydrogen-bond donors (Lipinski definition) is 5. The van der Waals surface area contributed by atoms with Crippen LogP contribution >= 0.6 is 11.8 Å². The first kappa shape index (κ1) is 36.2. The number of aromatic amines is 1. The fourth-order valence-corrected chi connectivity index (χ4v) is 5.72. The van der Waals surface area contributed by atoms with Gasteiger partial charge in [-0.2, -0.15) is 0 Å². The molecular weight excluding hydrogens is 608 g/mol. The predicted molar refractivity (Wildman–Crippen MR) is 183 cm³/mol. The molecule has 0 saturated carbocycles. The molecule has 2 aromatic rings. The normalized spacial score (nSPS) is 15.1. The van der Waals surface area contributed by atoms with Crippen LogP contribution in [0.15, 0.2) is 45.5 Å².